The molecule has 1 heterocycles. The number of alkyl halides is 1. The van der Waals surface area contributed by atoms with E-state index in [1.165, 1.54) is 13.2 Å². The maximum atomic E-state index is 12.9. The zero-order valence-electron chi connectivity index (χ0n) is 20.7. The Labute approximate surface area is 201 Å². The lowest BCUT2D eigenvalue weighted by Crippen LogP contribution is -2.11. The molecule has 0 aliphatic heterocycles. The fraction of sp³-hybridized carbons (Fsp3) is 0.333. The van der Waals surface area contributed by atoms with Crippen molar-refractivity contribution in [2.75, 3.05) is 11.9 Å². The zero-order chi connectivity index (χ0) is 25.5. The second kappa shape index (κ2) is 15.3. The number of ether oxygens (including phenoxy) is 2. The number of halogens is 1. The van der Waals surface area contributed by atoms with Crippen molar-refractivity contribution < 1.29 is 27.9 Å². The van der Waals surface area contributed by atoms with Crippen molar-refractivity contribution in [1.82, 2.24) is 0 Å². The monoisotopic (exact) mass is 471 g/mol. The molecule has 0 bridgehead atoms. The summed E-state index contributed by atoms with van der Waals surface area (Å²) in [6.45, 7) is 11.4. The number of hydrogen-bond acceptors (Lipinski definition) is 5. The minimum absolute atomic E-state index is 0.182. The summed E-state index contributed by atoms with van der Waals surface area (Å²) in [5.74, 6) is 0.294. The highest BCUT2D eigenvalue weighted by Crippen LogP contribution is 2.25. The third kappa shape index (κ3) is 9.10. The highest BCUT2D eigenvalue weighted by Gasteiger charge is 2.13. The highest BCUT2D eigenvalue weighted by molar-refractivity contribution is 6.04. The molecule has 1 aromatic heterocycles. The Bertz CT molecular complexity index is 995. The van der Waals surface area contributed by atoms with Gasteiger partial charge in [0.05, 0.1) is 18.6 Å². The Kier molecular flexibility index (Phi) is 12.8. The van der Waals surface area contributed by atoms with Crippen LogP contribution in [0.3, 0.4) is 0 Å². The van der Waals surface area contributed by atoms with Crippen LogP contribution >= 0.6 is 0 Å². The molecule has 3 rings (SSSR count). The van der Waals surface area contributed by atoms with Gasteiger partial charge in [0.15, 0.2) is 0 Å². The summed E-state index contributed by atoms with van der Waals surface area (Å²) in [5, 5.41) is 2.78. The Balaban J connectivity index is 0.00000137. The minimum atomic E-state index is -1.39. The van der Waals surface area contributed by atoms with E-state index in [-0.39, 0.29) is 18.3 Å². The van der Waals surface area contributed by atoms with E-state index in [9.17, 15) is 14.0 Å². The van der Waals surface area contributed by atoms with E-state index in [4.69, 9.17) is 13.9 Å². The van der Waals surface area contributed by atoms with Gasteiger partial charge in [0.1, 0.15) is 17.8 Å². The van der Waals surface area contributed by atoms with Gasteiger partial charge < -0.3 is 19.2 Å². The van der Waals surface area contributed by atoms with E-state index < -0.39 is 6.36 Å². The van der Waals surface area contributed by atoms with Crippen molar-refractivity contribution in [3.8, 4) is 17.1 Å². The van der Waals surface area contributed by atoms with Crippen LogP contribution < -0.4 is 10.1 Å². The zero-order valence-corrected chi connectivity index (χ0v) is 20.7. The smallest absolute Gasteiger partial charge is 0.310 e. The van der Waals surface area contributed by atoms with Gasteiger partial charge in [0.25, 0.3) is 5.91 Å². The number of amides is 1. The van der Waals surface area contributed by atoms with Crippen LogP contribution in [-0.4, -0.2) is 24.8 Å². The van der Waals surface area contributed by atoms with Crippen LogP contribution in [0.2, 0.25) is 0 Å². The van der Waals surface area contributed by atoms with Crippen LogP contribution in [0.15, 0.2) is 65.3 Å². The van der Waals surface area contributed by atoms with Crippen LogP contribution in [0.4, 0.5) is 10.1 Å². The first-order chi connectivity index (χ1) is 16.4. The summed E-state index contributed by atoms with van der Waals surface area (Å²) in [6, 6.07) is 15.3. The summed E-state index contributed by atoms with van der Waals surface area (Å²) in [6.07, 6.45) is 0.156. The van der Waals surface area contributed by atoms with Crippen LogP contribution in [-0.2, 0) is 16.0 Å². The number of esters is 1. The average molecular weight is 472 g/mol. The van der Waals surface area contributed by atoms with Gasteiger partial charge in [-0.2, -0.15) is 0 Å². The topological polar surface area (TPSA) is 77.8 Å². The molecule has 0 saturated carbocycles. The number of hydrogen-bond donors (Lipinski definition) is 1. The standard InChI is InChI=1S/C23H22FNO5.2C2H6/c1-3-28-22(26)12-16-4-8-19(9-5-16)25-23(27)18-13-21(29-14-18)17-6-10-20(11-7-17)30-15(2)24;2*1-2/h4-11,13-15H,3,12H2,1-2H3,(H,25,27);2*1-2H3. The maximum Gasteiger partial charge on any atom is 0.310 e. The van der Waals surface area contributed by atoms with Gasteiger partial charge in [0.2, 0.25) is 6.36 Å². The van der Waals surface area contributed by atoms with Gasteiger partial charge >= 0.3 is 5.97 Å². The van der Waals surface area contributed by atoms with E-state index in [1.807, 2.05) is 27.7 Å². The SMILES string of the molecule is CC.CC.CCOC(=O)Cc1ccc(NC(=O)c2coc(-c3ccc(OC(C)F)cc3)c2)cc1. The normalized spacial score (nSPS) is 10.6. The molecule has 6 nitrogen and oxygen atoms in total. The summed E-state index contributed by atoms with van der Waals surface area (Å²) in [7, 11) is 0. The lowest BCUT2D eigenvalue weighted by Gasteiger charge is -2.06. The van der Waals surface area contributed by atoms with E-state index in [0.29, 0.717) is 29.4 Å². The molecule has 0 fully saturated rings. The molecule has 2 aromatic carbocycles. The number of anilines is 1. The lowest BCUT2D eigenvalue weighted by molar-refractivity contribution is -0.142. The van der Waals surface area contributed by atoms with Crippen molar-refractivity contribution in [1.29, 1.82) is 0 Å². The summed E-state index contributed by atoms with van der Waals surface area (Å²) in [5.41, 5.74) is 2.48. The molecule has 3 aromatic rings. The summed E-state index contributed by atoms with van der Waals surface area (Å²) in [4.78, 5) is 24.0. The number of furan rings is 1. The molecule has 0 radical (unpaired) electrons. The Morgan fingerprint density at radius 3 is 2.18 bits per heavy atom. The van der Waals surface area contributed by atoms with Crippen LogP contribution in [0.25, 0.3) is 11.3 Å². The molecule has 34 heavy (non-hydrogen) atoms. The molecule has 1 N–H and O–H groups in total. The van der Waals surface area contributed by atoms with Crippen molar-refractivity contribution >= 4 is 17.6 Å². The molecule has 1 unspecified atom stereocenters. The van der Waals surface area contributed by atoms with Gasteiger partial charge in [0, 0.05) is 18.2 Å². The van der Waals surface area contributed by atoms with Crippen LogP contribution in [0.5, 0.6) is 5.75 Å². The van der Waals surface area contributed by atoms with Gasteiger partial charge in [-0.3, -0.25) is 9.59 Å². The molecule has 7 heteroatoms. The molecule has 1 atom stereocenters. The quantitative estimate of drug-likeness (QED) is 0.356. The number of carbonyl (C=O) groups is 2. The molecule has 0 aliphatic rings. The number of rotatable bonds is 8. The summed E-state index contributed by atoms with van der Waals surface area (Å²) >= 11 is 0. The largest absolute Gasteiger partial charge is 0.466 e. The van der Waals surface area contributed by atoms with Crippen molar-refractivity contribution in [3.05, 3.63) is 72.0 Å². The Morgan fingerprint density at radius 2 is 1.62 bits per heavy atom. The van der Waals surface area contributed by atoms with Gasteiger partial charge in [-0.1, -0.05) is 39.8 Å². The fourth-order valence-corrected chi connectivity index (χ4v) is 2.78. The Hall–Kier alpha value is -3.61. The van der Waals surface area contributed by atoms with Crippen molar-refractivity contribution in [2.24, 2.45) is 0 Å². The molecule has 0 aliphatic carbocycles. The van der Waals surface area contributed by atoms with E-state index in [0.717, 1.165) is 11.1 Å². The second-order valence-corrected chi connectivity index (χ2v) is 6.52. The first-order valence-corrected chi connectivity index (χ1v) is 11.5. The van der Waals surface area contributed by atoms with E-state index in [1.54, 1.807) is 61.5 Å². The third-order valence-corrected chi connectivity index (χ3v) is 4.16. The van der Waals surface area contributed by atoms with E-state index >= 15 is 0 Å². The van der Waals surface area contributed by atoms with E-state index in [2.05, 4.69) is 5.32 Å². The number of carbonyl (C=O) groups excluding carboxylic acids is 2. The second-order valence-electron chi connectivity index (χ2n) is 6.52. The van der Waals surface area contributed by atoms with Gasteiger partial charge in [-0.25, -0.2) is 4.39 Å². The molecular formula is C27H34FNO5. The van der Waals surface area contributed by atoms with Gasteiger partial charge in [-0.05, 0) is 55.0 Å². The summed E-state index contributed by atoms with van der Waals surface area (Å²) < 4.78 is 28.3. The number of nitrogens with one attached hydrogen (secondary N) is 1. The van der Waals surface area contributed by atoms with Crippen LogP contribution in [0.1, 0.15) is 57.5 Å². The maximum absolute atomic E-state index is 12.9. The first kappa shape index (κ1) is 28.4. The predicted octanol–water partition coefficient (Wildman–Crippen LogP) is 7.05. The molecule has 184 valence electrons. The third-order valence-electron chi connectivity index (χ3n) is 4.16. The highest BCUT2D eigenvalue weighted by atomic mass is 19.1. The minimum Gasteiger partial charge on any atom is -0.466 e. The number of benzene rings is 2. The predicted molar refractivity (Wildman–Crippen MR) is 133 cm³/mol. The first-order valence-electron chi connectivity index (χ1n) is 11.5. The van der Waals surface area contributed by atoms with Crippen molar-refractivity contribution in [2.45, 2.75) is 54.3 Å². The molecule has 0 saturated heterocycles. The average Bonchev–Trinajstić information content (AvgIpc) is 3.34. The lowest BCUT2D eigenvalue weighted by atomic mass is 10.1. The molecule has 1 amide bonds. The fourth-order valence-electron chi connectivity index (χ4n) is 2.78. The Morgan fingerprint density at radius 1 is 1.00 bits per heavy atom. The van der Waals surface area contributed by atoms with Crippen molar-refractivity contribution in [3.63, 3.8) is 0 Å². The van der Waals surface area contributed by atoms with Gasteiger partial charge in [-0.15, -0.1) is 0 Å². The molecule has 0 spiro atoms. The van der Waals surface area contributed by atoms with Crippen LogP contribution in [0, 0.1) is 0 Å². The molecular weight excluding hydrogens is 437 g/mol.